The highest BCUT2D eigenvalue weighted by Crippen LogP contribution is 2.12. The van der Waals surface area contributed by atoms with E-state index >= 15 is 0 Å². The average molecular weight is 192 g/mol. The summed E-state index contributed by atoms with van der Waals surface area (Å²) in [6, 6.07) is 3.14. The fraction of sp³-hybridized carbons (Fsp3) is 0.111. The number of fused-ring (bicyclic) bond motifs is 1. The van der Waals surface area contributed by atoms with Crippen molar-refractivity contribution >= 4 is 11.6 Å². The molecule has 0 amide bonds. The minimum absolute atomic E-state index is 0.0768. The van der Waals surface area contributed by atoms with Gasteiger partial charge < -0.3 is 14.2 Å². The fourth-order valence-electron chi connectivity index (χ4n) is 1.21. The summed E-state index contributed by atoms with van der Waals surface area (Å²) in [5.74, 6) is -0.498. The van der Waals surface area contributed by atoms with Gasteiger partial charge in [-0.1, -0.05) is 0 Å². The molecule has 72 valence electrons. The lowest BCUT2D eigenvalue weighted by molar-refractivity contribution is 0.0600. The van der Waals surface area contributed by atoms with E-state index < -0.39 is 5.97 Å². The zero-order valence-corrected chi connectivity index (χ0v) is 7.47. The van der Waals surface area contributed by atoms with Crippen molar-refractivity contribution in [2.45, 2.75) is 0 Å². The zero-order chi connectivity index (χ0) is 10.1. The summed E-state index contributed by atoms with van der Waals surface area (Å²) in [5, 5.41) is 9.09. The molecule has 0 aliphatic heterocycles. The lowest BCUT2D eigenvalue weighted by Crippen LogP contribution is -2.01. The van der Waals surface area contributed by atoms with Gasteiger partial charge in [-0.3, -0.25) is 0 Å². The van der Waals surface area contributed by atoms with Crippen LogP contribution in [0.1, 0.15) is 10.4 Å². The molecule has 0 saturated heterocycles. The van der Waals surface area contributed by atoms with Gasteiger partial charge in [-0.25, -0.2) is 4.79 Å². The minimum Gasteiger partial charge on any atom is -0.492 e. The van der Waals surface area contributed by atoms with Gasteiger partial charge in [0.05, 0.1) is 18.9 Å². The Balaban J connectivity index is 2.55. The van der Waals surface area contributed by atoms with E-state index in [1.165, 1.54) is 13.3 Å². The highest BCUT2D eigenvalue weighted by Gasteiger charge is 2.07. The average Bonchev–Trinajstić information content (AvgIpc) is 2.55. The van der Waals surface area contributed by atoms with Crippen molar-refractivity contribution in [2.24, 2.45) is 0 Å². The number of methoxy groups -OCH3 is 1. The van der Waals surface area contributed by atoms with E-state index in [0.717, 1.165) is 0 Å². The van der Waals surface area contributed by atoms with Crippen LogP contribution in [-0.2, 0) is 4.74 Å². The van der Waals surface area contributed by atoms with E-state index in [0.29, 0.717) is 11.2 Å². The Morgan fingerprint density at radius 1 is 1.64 bits per heavy atom. The van der Waals surface area contributed by atoms with Crippen LogP contribution in [0.3, 0.4) is 0 Å². The van der Waals surface area contributed by atoms with Gasteiger partial charge in [0.15, 0.2) is 0 Å². The number of pyridine rings is 1. The molecular weight excluding hydrogens is 184 g/mol. The van der Waals surface area contributed by atoms with E-state index in [2.05, 4.69) is 9.72 Å². The molecule has 0 radical (unpaired) electrons. The van der Waals surface area contributed by atoms with Gasteiger partial charge in [-0.2, -0.15) is 4.98 Å². The summed E-state index contributed by atoms with van der Waals surface area (Å²) < 4.78 is 6.17. The van der Waals surface area contributed by atoms with Crippen molar-refractivity contribution < 1.29 is 14.6 Å². The molecule has 14 heavy (non-hydrogen) atoms. The van der Waals surface area contributed by atoms with E-state index in [-0.39, 0.29) is 5.88 Å². The molecule has 2 aromatic heterocycles. The molecule has 0 fully saturated rings. The van der Waals surface area contributed by atoms with Crippen molar-refractivity contribution in [3.8, 4) is 5.88 Å². The second kappa shape index (κ2) is 3.02. The Kier molecular flexibility index (Phi) is 1.85. The monoisotopic (exact) mass is 192 g/mol. The molecule has 5 nitrogen and oxygen atoms in total. The van der Waals surface area contributed by atoms with Crippen LogP contribution in [0, 0.1) is 0 Å². The molecule has 0 aliphatic carbocycles. The number of aromatic nitrogens is 2. The number of esters is 1. The van der Waals surface area contributed by atoms with E-state index in [9.17, 15) is 4.79 Å². The maximum absolute atomic E-state index is 11.1. The summed E-state index contributed by atoms with van der Waals surface area (Å²) in [6.07, 6.45) is 3.09. The number of rotatable bonds is 1. The van der Waals surface area contributed by atoms with Crippen molar-refractivity contribution in [3.63, 3.8) is 0 Å². The topological polar surface area (TPSA) is 63.8 Å². The van der Waals surface area contributed by atoms with Gasteiger partial charge in [0.1, 0.15) is 5.65 Å². The van der Waals surface area contributed by atoms with Crippen LogP contribution in [-0.4, -0.2) is 27.6 Å². The van der Waals surface area contributed by atoms with Gasteiger partial charge in [-0.15, -0.1) is 0 Å². The quantitative estimate of drug-likeness (QED) is 0.679. The Labute approximate surface area is 79.6 Å². The SMILES string of the molecule is COC(=O)c1ccn2cc(O)nc2c1. The number of ether oxygens (including phenoxy) is 1. The summed E-state index contributed by atoms with van der Waals surface area (Å²) in [6.45, 7) is 0. The summed E-state index contributed by atoms with van der Waals surface area (Å²) in [7, 11) is 1.32. The van der Waals surface area contributed by atoms with Crippen molar-refractivity contribution in [3.05, 3.63) is 30.1 Å². The molecule has 2 heterocycles. The van der Waals surface area contributed by atoms with Gasteiger partial charge in [0.25, 0.3) is 0 Å². The number of carbonyl (C=O) groups is 1. The van der Waals surface area contributed by atoms with Crippen LogP contribution in [0.2, 0.25) is 0 Å². The molecule has 0 spiro atoms. The molecule has 0 unspecified atom stereocenters. The van der Waals surface area contributed by atoms with E-state index in [1.807, 2.05) is 0 Å². The third-order valence-corrected chi connectivity index (χ3v) is 1.87. The standard InChI is InChI=1S/C9H8N2O3/c1-14-9(13)6-2-3-11-5-8(12)10-7(11)4-6/h2-5,12H,1H3. The molecule has 0 aromatic carbocycles. The highest BCUT2D eigenvalue weighted by molar-refractivity contribution is 5.90. The number of aromatic hydroxyl groups is 1. The molecule has 0 atom stereocenters. The second-order valence-electron chi connectivity index (χ2n) is 2.77. The third kappa shape index (κ3) is 1.28. The van der Waals surface area contributed by atoms with Crippen LogP contribution >= 0.6 is 0 Å². The molecule has 1 N–H and O–H groups in total. The lowest BCUT2D eigenvalue weighted by atomic mass is 10.3. The highest BCUT2D eigenvalue weighted by atomic mass is 16.5. The van der Waals surface area contributed by atoms with Crippen LogP contribution in [0.25, 0.3) is 5.65 Å². The first kappa shape index (κ1) is 8.55. The molecule has 0 saturated carbocycles. The first-order valence-electron chi connectivity index (χ1n) is 3.97. The first-order chi connectivity index (χ1) is 6.70. The van der Waals surface area contributed by atoms with Crippen molar-refractivity contribution in [1.29, 1.82) is 0 Å². The molecule has 2 rings (SSSR count). The molecule has 0 bridgehead atoms. The molecule has 5 heteroatoms. The number of carbonyl (C=O) groups excluding carboxylic acids is 1. The van der Waals surface area contributed by atoms with E-state index in [1.54, 1.807) is 22.7 Å². The van der Waals surface area contributed by atoms with E-state index in [4.69, 9.17) is 5.11 Å². The zero-order valence-electron chi connectivity index (χ0n) is 7.47. The predicted octanol–water partition coefficient (Wildman–Crippen LogP) is 0.826. The van der Waals surface area contributed by atoms with Crippen LogP contribution in [0.4, 0.5) is 0 Å². The minimum atomic E-state index is -0.421. The largest absolute Gasteiger partial charge is 0.492 e. The smallest absolute Gasteiger partial charge is 0.338 e. The number of nitrogens with zero attached hydrogens (tertiary/aromatic N) is 2. The summed E-state index contributed by atoms with van der Waals surface area (Å²) >= 11 is 0. The normalized spacial score (nSPS) is 10.4. The number of imidazole rings is 1. The van der Waals surface area contributed by atoms with Crippen LogP contribution in [0.5, 0.6) is 5.88 Å². The lowest BCUT2D eigenvalue weighted by Gasteiger charge is -1.98. The van der Waals surface area contributed by atoms with Gasteiger partial charge in [-0.05, 0) is 12.1 Å². The Bertz CT molecular complexity index is 490. The molecule has 2 aromatic rings. The van der Waals surface area contributed by atoms with Crippen molar-refractivity contribution in [2.75, 3.05) is 7.11 Å². The summed E-state index contributed by atoms with van der Waals surface area (Å²) in [4.78, 5) is 14.9. The second-order valence-corrected chi connectivity index (χ2v) is 2.77. The Morgan fingerprint density at radius 3 is 3.14 bits per heavy atom. The maximum atomic E-state index is 11.1. The van der Waals surface area contributed by atoms with Gasteiger partial charge >= 0.3 is 5.97 Å². The predicted molar refractivity (Wildman–Crippen MR) is 48.2 cm³/mol. The molecule has 0 aliphatic rings. The van der Waals surface area contributed by atoms with Crippen LogP contribution in [0.15, 0.2) is 24.5 Å². The number of hydrogen-bond donors (Lipinski definition) is 1. The first-order valence-corrected chi connectivity index (χ1v) is 3.97. The third-order valence-electron chi connectivity index (χ3n) is 1.87. The van der Waals surface area contributed by atoms with Gasteiger partial charge in [0.2, 0.25) is 5.88 Å². The molecular formula is C9H8N2O3. The number of hydrogen-bond acceptors (Lipinski definition) is 4. The van der Waals surface area contributed by atoms with Crippen LogP contribution < -0.4 is 0 Å². The Hall–Kier alpha value is -2.04. The van der Waals surface area contributed by atoms with Crippen molar-refractivity contribution in [1.82, 2.24) is 9.38 Å². The van der Waals surface area contributed by atoms with Gasteiger partial charge in [0, 0.05) is 6.20 Å². The Morgan fingerprint density at radius 2 is 2.43 bits per heavy atom. The summed E-state index contributed by atoms with van der Waals surface area (Å²) in [5.41, 5.74) is 0.913. The maximum Gasteiger partial charge on any atom is 0.338 e. The fourth-order valence-corrected chi connectivity index (χ4v) is 1.21.